The lowest BCUT2D eigenvalue weighted by molar-refractivity contribution is 0.303. The van der Waals surface area contributed by atoms with E-state index >= 15 is 0 Å². The zero-order valence-corrected chi connectivity index (χ0v) is 7.38. The van der Waals surface area contributed by atoms with E-state index in [1.165, 1.54) is 6.07 Å². The van der Waals surface area contributed by atoms with Crippen molar-refractivity contribution in [2.24, 2.45) is 0 Å². The van der Waals surface area contributed by atoms with Crippen molar-refractivity contribution in [2.45, 2.75) is 18.9 Å². The fourth-order valence-electron chi connectivity index (χ4n) is 1.06. The van der Waals surface area contributed by atoms with Crippen molar-refractivity contribution in [3.05, 3.63) is 18.1 Å². The van der Waals surface area contributed by atoms with Crippen molar-refractivity contribution >= 4 is 5.82 Å². The Morgan fingerprint density at radius 3 is 2.92 bits per heavy atom. The maximum Gasteiger partial charge on any atom is 0.215 e. The minimum atomic E-state index is -0.493. The lowest BCUT2D eigenvalue weighted by Crippen LogP contribution is -2.02. The van der Waals surface area contributed by atoms with Crippen molar-refractivity contribution in [3.8, 4) is 5.75 Å². The largest absolute Gasteiger partial charge is 0.487 e. The van der Waals surface area contributed by atoms with Crippen LogP contribution in [0.5, 0.6) is 5.75 Å². The Labute approximate surface area is 75.9 Å². The number of nitrogens with one attached hydrogen (secondary N) is 1. The number of hydrogen-bond donors (Lipinski definition) is 1. The van der Waals surface area contributed by atoms with Crippen molar-refractivity contribution in [1.82, 2.24) is 4.98 Å². The molecular weight excluding hydrogens is 171 g/mol. The molecule has 1 aromatic rings. The Bertz CT molecular complexity index is 312. The molecule has 13 heavy (non-hydrogen) atoms. The summed E-state index contributed by atoms with van der Waals surface area (Å²) in [5.74, 6) is 0.603. The van der Waals surface area contributed by atoms with Crippen LogP contribution in [0, 0.1) is 5.95 Å². The minimum absolute atomic E-state index is 0.305. The van der Waals surface area contributed by atoms with Crippen LogP contribution < -0.4 is 10.1 Å². The van der Waals surface area contributed by atoms with Gasteiger partial charge in [-0.25, -0.2) is 0 Å². The van der Waals surface area contributed by atoms with Gasteiger partial charge in [0.2, 0.25) is 5.95 Å². The summed E-state index contributed by atoms with van der Waals surface area (Å²) in [6.45, 7) is 0. The van der Waals surface area contributed by atoms with E-state index < -0.39 is 5.95 Å². The Hall–Kier alpha value is -1.32. The zero-order valence-electron chi connectivity index (χ0n) is 7.38. The van der Waals surface area contributed by atoms with Crippen LogP contribution in [0.15, 0.2) is 12.1 Å². The van der Waals surface area contributed by atoms with Gasteiger partial charge in [-0.15, -0.1) is 0 Å². The predicted octanol–water partition coefficient (Wildman–Crippen LogP) is 1.80. The second kappa shape index (κ2) is 3.20. The van der Waals surface area contributed by atoms with Crippen LogP contribution in [0.25, 0.3) is 0 Å². The topological polar surface area (TPSA) is 34.2 Å². The monoisotopic (exact) mass is 182 g/mol. The van der Waals surface area contributed by atoms with Gasteiger partial charge >= 0.3 is 0 Å². The van der Waals surface area contributed by atoms with Gasteiger partial charge < -0.3 is 10.1 Å². The van der Waals surface area contributed by atoms with Crippen LogP contribution in [0.1, 0.15) is 12.8 Å². The summed E-state index contributed by atoms with van der Waals surface area (Å²) in [5.41, 5.74) is 0. The molecule has 0 spiro atoms. The van der Waals surface area contributed by atoms with E-state index in [4.69, 9.17) is 4.74 Å². The van der Waals surface area contributed by atoms with Gasteiger partial charge in [-0.2, -0.15) is 9.37 Å². The van der Waals surface area contributed by atoms with E-state index in [2.05, 4.69) is 10.3 Å². The number of anilines is 1. The molecule has 0 saturated heterocycles. The maximum absolute atomic E-state index is 12.7. The number of pyridine rings is 1. The number of halogens is 1. The fourth-order valence-corrected chi connectivity index (χ4v) is 1.06. The van der Waals surface area contributed by atoms with E-state index in [-0.39, 0.29) is 0 Å². The van der Waals surface area contributed by atoms with E-state index in [0.717, 1.165) is 12.8 Å². The fraction of sp³-hybridized carbons (Fsp3) is 0.444. The van der Waals surface area contributed by atoms with Gasteiger partial charge in [0.15, 0.2) is 11.6 Å². The highest BCUT2D eigenvalue weighted by Crippen LogP contribution is 2.30. The van der Waals surface area contributed by atoms with Crippen LogP contribution in [-0.2, 0) is 0 Å². The third-order valence-electron chi connectivity index (χ3n) is 1.88. The van der Waals surface area contributed by atoms with Gasteiger partial charge in [-0.05, 0) is 25.0 Å². The summed E-state index contributed by atoms with van der Waals surface area (Å²) in [4.78, 5) is 3.67. The average Bonchev–Trinajstić information content (AvgIpc) is 2.92. The summed E-state index contributed by atoms with van der Waals surface area (Å²) in [7, 11) is 1.70. The first-order chi connectivity index (χ1) is 6.29. The maximum atomic E-state index is 12.7. The van der Waals surface area contributed by atoms with Crippen LogP contribution in [0.4, 0.5) is 10.2 Å². The Balaban J connectivity index is 2.21. The first-order valence-electron chi connectivity index (χ1n) is 4.30. The van der Waals surface area contributed by atoms with Crippen molar-refractivity contribution in [2.75, 3.05) is 12.4 Å². The van der Waals surface area contributed by atoms with E-state index in [0.29, 0.717) is 17.7 Å². The third kappa shape index (κ3) is 1.88. The molecule has 0 bridgehead atoms. The van der Waals surface area contributed by atoms with Crippen molar-refractivity contribution in [1.29, 1.82) is 0 Å². The number of hydrogen-bond acceptors (Lipinski definition) is 3. The lowest BCUT2D eigenvalue weighted by Gasteiger charge is -2.08. The van der Waals surface area contributed by atoms with E-state index in [9.17, 15) is 4.39 Å². The summed E-state index contributed by atoms with van der Waals surface area (Å²) in [6, 6.07) is 2.91. The number of rotatable bonds is 3. The Morgan fingerprint density at radius 1 is 1.54 bits per heavy atom. The SMILES string of the molecule is CNc1nc(F)ccc1OC1CC1. The zero-order chi connectivity index (χ0) is 9.26. The minimum Gasteiger partial charge on any atom is -0.487 e. The van der Waals surface area contributed by atoms with Gasteiger partial charge in [0, 0.05) is 7.05 Å². The molecule has 2 rings (SSSR count). The first kappa shape index (κ1) is 8.29. The molecule has 3 nitrogen and oxygen atoms in total. The van der Waals surface area contributed by atoms with Gasteiger partial charge in [0.25, 0.3) is 0 Å². The standard InChI is InChI=1S/C9H11FN2O/c1-11-9-7(13-6-2-3-6)4-5-8(10)12-9/h4-6H,2-3H2,1H3,(H,11,12). The molecule has 4 heteroatoms. The van der Waals surface area contributed by atoms with Gasteiger partial charge in [-0.1, -0.05) is 0 Å². The normalized spacial score (nSPS) is 15.5. The van der Waals surface area contributed by atoms with Crippen LogP contribution in [0.3, 0.4) is 0 Å². The lowest BCUT2D eigenvalue weighted by atomic mass is 10.4. The third-order valence-corrected chi connectivity index (χ3v) is 1.88. The molecule has 0 aromatic carbocycles. The highest BCUT2D eigenvalue weighted by molar-refractivity contribution is 5.49. The summed E-state index contributed by atoms with van der Waals surface area (Å²) >= 11 is 0. The Kier molecular flexibility index (Phi) is 2.04. The average molecular weight is 182 g/mol. The smallest absolute Gasteiger partial charge is 0.215 e. The van der Waals surface area contributed by atoms with Crippen LogP contribution in [-0.4, -0.2) is 18.1 Å². The molecule has 0 atom stereocenters. The van der Waals surface area contributed by atoms with Crippen LogP contribution >= 0.6 is 0 Å². The molecular formula is C9H11FN2O. The quantitative estimate of drug-likeness (QED) is 0.724. The van der Waals surface area contributed by atoms with E-state index in [1.807, 2.05) is 0 Å². The molecule has 1 aliphatic carbocycles. The molecule has 1 saturated carbocycles. The van der Waals surface area contributed by atoms with Gasteiger partial charge in [0.05, 0.1) is 6.10 Å². The number of ether oxygens (including phenoxy) is 1. The molecule has 1 N–H and O–H groups in total. The highest BCUT2D eigenvalue weighted by Gasteiger charge is 2.24. The molecule has 0 radical (unpaired) electrons. The molecule has 0 aliphatic heterocycles. The van der Waals surface area contributed by atoms with Crippen molar-refractivity contribution < 1.29 is 9.13 Å². The van der Waals surface area contributed by atoms with Gasteiger partial charge in [0.1, 0.15) is 0 Å². The second-order valence-electron chi connectivity index (χ2n) is 3.05. The molecule has 1 heterocycles. The van der Waals surface area contributed by atoms with Gasteiger partial charge in [-0.3, -0.25) is 0 Å². The number of aromatic nitrogens is 1. The summed E-state index contributed by atoms with van der Waals surface area (Å²) in [5, 5.41) is 2.79. The highest BCUT2D eigenvalue weighted by atomic mass is 19.1. The van der Waals surface area contributed by atoms with E-state index in [1.54, 1.807) is 13.1 Å². The van der Waals surface area contributed by atoms with Crippen molar-refractivity contribution in [3.63, 3.8) is 0 Å². The Morgan fingerprint density at radius 2 is 2.31 bits per heavy atom. The number of nitrogens with zero attached hydrogens (tertiary/aromatic N) is 1. The molecule has 0 amide bonds. The molecule has 1 aromatic heterocycles. The van der Waals surface area contributed by atoms with Crippen LogP contribution in [0.2, 0.25) is 0 Å². The predicted molar refractivity (Wildman–Crippen MR) is 47.4 cm³/mol. The summed E-state index contributed by atoms with van der Waals surface area (Å²) in [6.07, 6.45) is 2.47. The summed E-state index contributed by atoms with van der Waals surface area (Å²) < 4.78 is 18.2. The molecule has 70 valence electrons. The molecule has 0 unspecified atom stereocenters. The molecule has 1 aliphatic rings. The second-order valence-corrected chi connectivity index (χ2v) is 3.05. The first-order valence-corrected chi connectivity index (χ1v) is 4.30. The molecule has 1 fully saturated rings.